The summed E-state index contributed by atoms with van der Waals surface area (Å²) in [6.45, 7) is 8.62. The zero-order valence-corrected chi connectivity index (χ0v) is 16.1. The Morgan fingerprint density at radius 2 is 1.43 bits per heavy atom. The lowest BCUT2D eigenvalue weighted by Gasteiger charge is -2.34. The number of benzene rings is 1. The van der Waals surface area contributed by atoms with Gasteiger partial charge in [-0.1, -0.05) is 25.1 Å². The highest BCUT2D eigenvalue weighted by molar-refractivity contribution is 7.89. The molecule has 0 saturated carbocycles. The monoisotopic (exact) mass is 361 g/mol. The molecule has 0 bridgehead atoms. The summed E-state index contributed by atoms with van der Waals surface area (Å²) in [5.41, 5.74) is -0.535. The van der Waals surface area contributed by atoms with Crippen molar-refractivity contribution in [3.63, 3.8) is 0 Å². The van der Waals surface area contributed by atoms with E-state index >= 15 is 0 Å². The van der Waals surface area contributed by atoms with E-state index in [-0.39, 0.29) is 4.90 Å². The molecule has 8 heteroatoms. The van der Waals surface area contributed by atoms with Gasteiger partial charge in [0.1, 0.15) is 0 Å². The van der Waals surface area contributed by atoms with Crippen molar-refractivity contribution < 1.29 is 21.7 Å². The van der Waals surface area contributed by atoms with Gasteiger partial charge in [0.2, 0.25) is 10.0 Å². The zero-order chi connectivity index (χ0) is 17.3. The first-order chi connectivity index (χ1) is 11.0. The number of sulfonamides is 1. The molecule has 0 spiro atoms. The molecule has 0 saturated heterocycles. The van der Waals surface area contributed by atoms with Gasteiger partial charge in [-0.25, -0.2) is 13.1 Å². The minimum Gasteiger partial charge on any atom is -0.373 e. The van der Waals surface area contributed by atoms with Crippen LogP contribution in [0.5, 0.6) is 0 Å². The minimum atomic E-state index is -3.66. The summed E-state index contributed by atoms with van der Waals surface area (Å²) in [7, 11) is -6.82. The van der Waals surface area contributed by atoms with Crippen molar-refractivity contribution in [3.8, 4) is 0 Å². The topological polar surface area (TPSA) is 73.9 Å². The predicted octanol–water partition coefficient (Wildman–Crippen LogP) is 2.33. The lowest BCUT2D eigenvalue weighted by Crippen LogP contribution is -2.62. The molecule has 0 aliphatic rings. The van der Waals surface area contributed by atoms with Crippen molar-refractivity contribution in [2.24, 2.45) is 0 Å². The summed E-state index contributed by atoms with van der Waals surface area (Å²) in [6.07, 6.45) is 0.512. The van der Waals surface area contributed by atoms with E-state index in [4.69, 9.17) is 13.3 Å². The molecule has 1 atom stereocenters. The van der Waals surface area contributed by atoms with Gasteiger partial charge >= 0.3 is 8.80 Å². The fourth-order valence-electron chi connectivity index (χ4n) is 2.29. The molecule has 6 nitrogen and oxygen atoms in total. The Morgan fingerprint density at radius 3 is 1.83 bits per heavy atom. The lowest BCUT2D eigenvalue weighted by molar-refractivity contribution is 0.0599. The molecule has 1 aromatic rings. The Balaban J connectivity index is 3.12. The highest BCUT2D eigenvalue weighted by Crippen LogP contribution is 2.20. The van der Waals surface area contributed by atoms with E-state index in [1.807, 2.05) is 27.7 Å². The van der Waals surface area contributed by atoms with Crippen molar-refractivity contribution in [1.82, 2.24) is 4.72 Å². The summed E-state index contributed by atoms with van der Waals surface area (Å²) < 4.78 is 45.4. The largest absolute Gasteiger partial charge is 0.519 e. The second-order valence-corrected chi connectivity index (χ2v) is 9.28. The van der Waals surface area contributed by atoms with E-state index in [1.54, 1.807) is 30.3 Å². The summed E-state index contributed by atoms with van der Waals surface area (Å²) in [4.78, 5) is 0.214. The summed E-state index contributed by atoms with van der Waals surface area (Å²) >= 11 is 0. The van der Waals surface area contributed by atoms with Crippen molar-refractivity contribution in [1.29, 1.82) is 0 Å². The third-order valence-corrected chi connectivity index (χ3v) is 8.40. The van der Waals surface area contributed by atoms with Crippen molar-refractivity contribution >= 4 is 18.8 Å². The van der Waals surface area contributed by atoms with E-state index in [2.05, 4.69) is 4.72 Å². The van der Waals surface area contributed by atoms with Crippen LogP contribution in [0.4, 0.5) is 0 Å². The molecule has 0 aliphatic heterocycles. The molecule has 132 valence electrons. The molecule has 0 radical (unpaired) electrons. The summed E-state index contributed by atoms with van der Waals surface area (Å²) in [5, 5.41) is 0. The summed E-state index contributed by atoms with van der Waals surface area (Å²) in [6, 6.07) is 8.26. The normalized spacial score (nSPS) is 13.9. The van der Waals surface area contributed by atoms with Gasteiger partial charge in [-0.2, -0.15) is 0 Å². The summed E-state index contributed by atoms with van der Waals surface area (Å²) in [5.74, 6) is 0. The highest BCUT2D eigenvalue weighted by atomic mass is 32.2. The first-order valence-electron chi connectivity index (χ1n) is 7.94. The fraction of sp³-hybridized carbons (Fsp3) is 0.600. The van der Waals surface area contributed by atoms with Gasteiger partial charge in [0.05, 0.1) is 10.6 Å². The van der Waals surface area contributed by atoms with Gasteiger partial charge in [-0.15, -0.1) is 0 Å². The molecule has 0 aromatic heterocycles. The van der Waals surface area contributed by atoms with E-state index in [9.17, 15) is 8.42 Å². The van der Waals surface area contributed by atoms with Crippen LogP contribution in [0.2, 0.25) is 0 Å². The maximum absolute atomic E-state index is 12.6. The Labute approximate surface area is 140 Å². The second kappa shape index (κ2) is 9.51. The Hall–Kier alpha value is -0.773. The van der Waals surface area contributed by atoms with Crippen LogP contribution < -0.4 is 4.72 Å². The third-order valence-electron chi connectivity index (χ3n) is 3.22. The van der Waals surface area contributed by atoms with Gasteiger partial charge in [0.25, 0.3) is 0 Å². The van der Waals surface area contributed by atoms with Gasteiger partial charge < -0.3 is 13.3 Å². The van der Waals surface area contributed by atoms with E-state index in [1.165, 1.54) is 0 Å². The van der Waals surface area contributed by atoms with Crippen LogP contribution in [0.25, 0.3) is 0 Å². The molecule has 23 heavy (non-hydrogen) atoms. The lowest BCUT2D eigenvalue weighted by atomic mass is 10.4. The van der Waals surface area contributed by atoms with Crippen molar-refractivity contribution in [2.75, 3.05) is 19.8 Å². The zero-order valence-electron chi connectivity index (χ0n) is 14.2. The van der Waals surface area contributed by atoms with Crippen LogP contribution >= 0.6 is 0 Å². The van der Waals surface area contributed by atoms with Crippen LogP contribution in [0.15, 0.2) is 35.2 Å². The molecule has 1 unspecified atom stereocenters. The minimum absolute atomic E-state index is 0.214. The first-order valence-corrected chi connectivity index (χ1v) is 11.2. The number of hydrogen-bond acceptors (Lipinski definition) is 5. The SMILES string of the molecule is CCO[Si](OCC)(OCC)C(CC)NS(=O)(=O)c1ccccc1. The molecule has 0 heterocycles. The number of hydrogen-bond donors (Lipinski definition) is 1. The van der Waals surface area contributed by atoms with Crippen LogP contribution in [0, 0.1) is 0 Å². The fourth-order valence-corrected chi connectivity index (χ4v) is 7.09. The molecule has 1 aromatic carbocycles. The van der Waals surface area contributed by atoms with Crippen LogP contribution in [-0.2, 0) is 23.3 Å². The van der Waals surface area contributed by atoms with Crippen LogP contribution in [0.3, 0.4) is 0 Å². The maximum Gasteiger partial charge on any atom is 0.519 e. The molecule has 1 rings (SSSR count). The Bertz CT molecular complexity index is 535. The maximum atomic E-state index is 12.6. The van der Waals surface area contributed by atoms with Crippen molar-refractivity contribution in [2.45, 2.75) is 44.7 Å². The Kier molecular flexibility index (Phi) is 8.38. The average molecular weight is 362 g/mol. The average Bonchev–Trinajstić information content (AvgIpc) is 2.54. The molecular weight excluding hydrogens is 334 g/mol. The highest BCUT2D eigenvalue weighted by Gasteiger charge is 2.50. The van der Waals surface area contributed by atoms with E-state index < -0.39 is 24.5 Å². The Morgan fingerprint density at radius 1 is 0.957 bits per heavy atom. The molecule has 0 amide bonds. The molecule has 1 N–H and O–H groups in total. The number of rotatable bonds is 11. The molecule has 0 fully saturated rings. The predicted molar refractivity (Wildman–Crippen MR) is 91.5 cm³/mol. The van der Waals surface area contributed by atoms with E-state index in [0.717, 1.165) is 0 Å². The second-order valence-electron chi connectivity index (χ2n) is 4.80. The van der Waals surface area contributed by atoms with E-state index in [0.29, 0.717) is 26.2 Å². The standard InChI is InChI=1S/C15H27NO5SSi/c1-5-15(23(19-6-2,20-7-3)21-8-4)16-22(17,18)14-12-10-9-11-13-14/h9-13,15-16H,5-8H2,1-4H3. The molecular formula is C15H27NO5SSi. The third kappa shape index (κ3) is 5.37. The van der Waals surface area contributed by atoms with Gasteiger partial charge in [-0.3, -0.25) is 0 Å². The van der Waals surface area contributed by atoms with Gasteiger partial charge in [0.15, 0.2) is 0 Å². The van der Waals surface area contributed by atoms with Crippen LogP contribution in [-0.4, -0.2) is 42.7 Å². The van der Waals surface area contributed by atoms with Gasteiger partial charge in [-0.05, 0) is 39.3 Å². The number of nitrogens with one attached hydrogen (secondary N) is 1. The van der Waals surface area contributed by atoms with Gasteiger partial charge in [0, 0.05) is 19.8 Å². The van der Waals surface area contributed by atoms with Crippen molar-refractivity contribution in [3.05, 3.63) is 30.3 Å². The quantitative estimate of drug-likeness (QED) is 0.612. The smallest absolute Gasteiger partial charge is 0.373 e. The van der Waals surface area contributed by atoms with Crippen LogP contribution in [0.1, 0.15) is 34.1 Å². The first kappa shape index (κ1) is 20.3. The molecule has 0 aliphatic carbocycles.